The lowest BCUT2D eigenvalue weighted by Crippen LogP contribution is -2.50. The van der Waals surface area contributed by atoms with E-state index in [0.717, 1.165) is 13.0 Å². The standard InChI is InChI=1S/C10H22ClNO/c1-8(6-7-13-5)12-10(3,4)9(2)11/h8-9,12H,6-7H2,1-5H3. The van der Waals surface area contributed by atoms with Crippen molar-refractivity contribution in [2.45, 2.75) is 51.1 Å². The van der Waals surface area contributed by atoms with Crippen LogP contribution in [0.1, 0.15) is 34.1 Å². The first kappa shape index (κ1) is 13.2. The van der Waals surface area contributed by atoms with Gasteiger partial charge in [0, 0.05) is 30.7 Å². The van der Waals surface area contributed by atoms with Gasteiger partial charge in [0.05, 0.1) is 0 Å². The van der Waals surface area contributed by atoms with Gasteiger partial charge in [0.25, 0.3) is 0 Å². The van der Waals surface area contributed by atoms with Crippen LogP contribution in [0.5, 0.6) is 0 Å². The molecule has 0 aromatic heterocycles. The van der Waals surface area contributed by atoms with E-state index in [2.05, 4.69) is 26.1 Å². The Bertz CT molecular complexity index is 137. The molecule has 2 unspecified atom stereocenters. The summed E-state index contributed by atoms with van der Waals surface area (Å²) in [7, 11) is 1.72. The zero-order valence-corrected chi connectivity index (χ0v) is 10.1. The van der Waals surface area contributed by atoms with Crippen LogP contribution in [0.25, 0.3) is 0 Å². The minimum atomic E-state index is -0.0191. The van der Waals surface area contributed by atoms with Gasteiger partial charge < -0.3 is 10.1 Å². The monoisotopic (exact) mass is 207 g/mol. The number of halogens is 1. The maximum Gasteiger partial charge on any atom is 0.0484 e. The average molecular weight is 208 g/mol. The van der Waals surface area contributed by atoms with Crippen molar-refractivity contribution < 1.29 is 4.74 Å². The molecule has 0 aliphatic heterocycles. The number of methoxy groups -OCH3 is 1. The molecule has 0 saturated carbocycles. The predicted molar refractivity (Wildman–Crippen MR) is 58.5 cm³/mol. The summed E-state index contributed by atoms with van der Waals surface area (Å²) >= 11 is 6.05. The molecule has 0 aromatic carbocycles. The number of rotatable bonds is 6. The van der Waals surface area contributed by atoms with E-state index in [0.29, 0.717) is 6.04 Å². The van der Waals surface area contributed by atoms with Gasteiger partial charge in [-0.15, -0.1) is 11.6 Å². The van der Waals surface area contributed by atoms with Crippen LogP contribution in [0.4, 0.5) is 0 Å². The summed E-state index contributed by atoms with van der Waals surface area (Å²) in [6.07, 6.45) is 1.02. The Morgan fingerprint density at radius 2 is 1.92 bits per heavy atom. The Morgan fingerprint density at radius 1 is 1.38 bits per heavy atom. The van der Waals surface area contributed by atoms with Gasteiger partial charge >= 0.3 is 0 Å². The summed E-state index contributed by atoms with van der Waals surface area (Å²) in [5, 5.41) is 3.60. The lowest BCUT2D eigenvalue weighted by atomic mass is 9.99. The number of alkyl halides is 1. The molecule has 0 fully saturated rings. The molecule has 13 heavy (non-hydrogen) atoms. The molecule has 0 aliphatic rings. The Labute approximate surface area is 87.0 Å². The van der Waals surface area contributed by atoms with Gasteiger partial charge in [-0.3, -0.25) is 0 Å². The van der Waals surface area contributed by atoms with E-state index in [-0.39, 0.29) is 10.9 Å². The van der Waals surface area contributed by atoms with Crippen LogP contribution in [-0.4, -0.2) is 30.7 Å². The fourth-order valence-electron chi connectivity index (χ4n) is 1.12. The minimum Gasteiger partial charge on any atom is -0.385 e. The molecular formula is C10H22ClNO. The van der Waals surface area contributed by atoms with Crippen molar-refractivity contribution in [3.63, 3.8) is 0 Å². The van der Waals surface area contributed by atoms with Crippen LogP contribution in [0, 0.1) is 0 Å². The van der Waals surface area contributed by atoms with E-state index in [9.17, 15) is 0 Å². The Balaban J connectivity index is 3.82. The highest BCUT2D eigenvalue weighted by Gasteiger charge is 2.25. The highest BCUT2D eigenvalue weighted by molar-refractivity contribution is 6.21. The first-order valence-corrected chi connectivity index (χ1v) is 5.24. The van der Waals surface area contributed by atoms with Crippen molar-refractivity contribution in [1.82, 2.24) is 5.32 Å². The highest BCUT2D eigenvalue weighted by Crippen LogP contribution is 2.15. The van der Waals surface area contributed by atoms with Gasteiger partial charge in [-0.1, -0.05) is 0 Å². The van der Waals surface area contributed by atoms with E-state index in [1.54, 1.807) is 7.11 Å². The van der Waals surface area contributed by atoms with Crippen molar-refractivity contribution in [3.8, 4) is 0 Å². The van der Waals surface area contributed by atoms with Crippen LogP contribution in [0.15, 0.2) is 0 Å². The highest BCUT2D eigenvalue weighted by atomic mass is 35.5. The van der Waals surface area contributed by atoms with Crippen molar-refractivity contribution in [2.75, 3.05) is 13.7 Å². The second kappa shape index (κ2) is 5.84. The predicted octanol–water partition coefficient (Wildman–Crippen LogP) is 2.41. The summed E-state index contributed by atoms with van der Waals surface area (Å²) in [6.45, 7) is 9.19. The van der Waals surface area contributed by atoms with Crippen molar-refractivity contribution >= 4 is 11.6 Å². The van der Waals surface area contributed by atoms with E-state index >= 15 is 0 Å². The second-order valence-electron chi connectivity index (χ2n) is 4.16. The first-order chi connectivity index (χ1) is 5.90. The Hall–Kier alpha value is 0.210. The van der Waals surface area contributed by atoms with Crippen LogP contribution >= 0.6 is 11.6 Å². The SMILES string of the molecule is COCCC(C)NC(C)(C)C(C)Cl. The van der Waals surface area contributed by atoms with Crippen LogP contribution in [0.2, 0.25) is 0 Å². The Morgan fingerprint density at radius 3 is 2.31 bits per heavy atom. The van der Waals surface area contributed by atoms with Gasteiger partial charge in [-0.05, 0) is 34.1 Å². The molecule has 2 nitrogen and oxygen atoms in total. The largest absolute Gasteiger partial charge is 0.385 e. The summed E-state index contributed by atoms with van der Waals surface area (Å²) in [5.41, 5.74) is -0.0191. The topological polar surface area (TPSA) is 21.3 Å². The lowest BCUT2D eigenvalue weighted by molar-refractivity contribution is 0.177. The molecule has 80 valence electrons. The quantitative estimate of drug-likeness (QED) is 0.676. The van der Waals surface area contributed by atoms with E-state index < -0.39 is 0 Å². The van der Waals surface area contributed by atoms with E-state index in [4.69, 9.17) is 16.3 Å². The zero-order valence-electron chi connectivity index (χ0n) is 9.36. The molecule has 0 aromatic rings. The van der Waals surface area contributed by atoms with Crippen molar-refractivity contribution in [2.24, 2.45) is 0 Å². The molecule has 0 rings (SSSR count). The van der Waals surface area contributed by atoms with E-state index in [1.165, 1.54) is 0 Å². The first-order valence-electron chi connectivity index (χ1n) is 4.81. The fraction of sp³-hybridized carbons (Fsp3) is 1.00. The normalized spacial score (nSPS) is 17.1. The van der Waals surface area contributed by atoms with Gasteiger partial charge in [0.1, 0.15) is 0 Å². The number of hydrogen-bond donors (Lipinski definition) is 1. The summed E-state index contributed by atoms with van der Waals surface area (Å²) < 4.78 is 5.01. The number of nitrogens with one attached hydrogen (secondary N) is 1. The lowest BCUT2D eigenvalue weighted by Gasteiger charge is -2.32. The molecule has 0 saturated heterocycles. The number of ether oxygens (including phenoxy) is 1. The van der Waals surface area contributed by atoms with E-state index in [1.807, 2.05) is 6.92 Å². The van der Waals surface area contributed by atoms with Gasteiger partial charge in [0.2, 0.25) is 0 Å². The third-order valence-corrected chi connectivity index (χ3v) is 2.91. The molecule has 0 amide bonds. The van der Waals surface area contributed by atoms with Gasteiger partial charge in [-0.2, -0.15) is 0 Å². The molecule has 0 radical (unpaired) electrons. The molecule has 3 heteroatoms. The third kappa shape index (κ3) is 5.50. The molecular weight excluding hydrogens is 186 g/mol. The molecule has 0 spiro atoms. The minimum absolute atomic E-state index is 0.0191. The number of hydrogen-bond acceptors (Lipinski definition) is 2. The smallest absolute Gasteiger partial charge is 0.0484 e. The van der Waals surface area contributed by atoms with Crippen LogP contribution < -0.4 is 5.32 Å². The fourth-order valence-corrected chi connectivity index (χ4v) is 1.18. The van der Waals surface area contributed by atoms with Crippen LogP contribution in [0.3, 0.4) is 0 Å². The average Bonchev–Trinajstić information content (AvgIpc) is 1.99. The van der Waals surface area contributed by atoms with Gasteiger partial charge in [0.15, 0.2) is 0 Å². The maximum atomic E-state index is 6.05. The Kier molecular flexibility index (Phi) is 5.93. The molecule has 0 bridgehead atoms. The van der Waals surface area contributed by atoms with Crippen molar-refractivity contribution in [3.05, 3.63) is 0 Å². The zero-order chi connectivity index (χ0) is 10.5. The van der Waals surface area contributed by atoms with Gasteiger partial charge in [-0.25, -0.2) is 0 Å². The molecule has 0 heterocycles. The summed E-state index contributed by atoms with van der Waals surface area (Å²) in [4.78, 5) is 0. The van der Waals surface area contributed by atoms with Crippen LogP contribution in [-0.2, 0) is 4.74 Å². The van der Waals surface area contributed by atoms with Crippen molar-refractivity contribution in [1.29, 1.82) is 0 Å². The molecule has 2 atom stereocenters. The molecule has 0 aliphatic carbocycles. The molecule has 1 N–H and O–H groups in total. The summed E-state index contributed by atoms with van der Waals surface area (Å²) in [6, 6.07) is 0.441. The third-order valence-electron chi connectivity index (χ3n) is 2.37. The maximum absolute atomic E-state index is 6.05. The second-order valence-corrected chi connectivity index (χ2v) is 4.82. The summed E-state index contributed by atoms with van der Waals surface area (Å²) in [5.74, 6) is 0.